The number of para-hydroxylation sites is 1. The second-order valence-electron chi connectivity index (χ2n) is 6.79. The van der Waals surface area contributed by atoms with Crippen molar-refractivity contribution in [1.29, 1.82) is 0 Å². The summed E-state index contributed by atoms with van der Waals surface area (Å²) >= 11 is 0. The van der Waals surface area contributed by atoms with Crippen molar-refractivity contribution in [2.75, 3.05) is 0 Å². The van der Waals surface area contributed by atoms with Crippen LogP contribution in [-0.4, -0.2) is 9.13 Å². The Morgan fingerprint density at radius 2 is 1.44 bits per heavy atom. The van der Waals surface area contributed by atoms with E-state index >= 15 is 0 Å². The highest BCUT2D eigenvalue weighted by Crippen LogP contribution is 2.14. The third-order valence-corrected chi connectivity index (χ3v) is 4.93. The lowest BCUT2D eigenvalue weighted by Gasteiger charge is -2.15. The van der Waals surface area contributed by atoms with E-state index in [9.17, 15) is 9.59 Å². The Morgan fingerprint density at radius 3 is 2.19 bits per heavy atom. The lowest BCUT2D eigenvalue weighted by atomic mass is 10.1. The lowest BCUT2D eigenvalue weighted by Crippen LogP contribution is -2.39. The minimum absolute atomic E-state index is 0.291. The van der Waals surface area contributed by atoms with Crippen LogP contribution in [-0.2, 0) is 6.54 Å². The molecule has 0 unspecified atom stereocenters. The number of benzene rings is 3. The molecule has 0 radical (unpaired) electrons. The van der Waals surface area contributed by atoms with Crippen LogP contribution in [0.3, 0.4) is 0 Å². The number of rotatable bonds is 3. The van der Waals surface area contributed by atoms with Gasteiger partial charge in [-0.2, -0.15) is 0 Å². The average Bonchev–Trinajstić information content (AvgIpc) is 2.68. The van der Waals surface area contributed by atoms with E-state index in [0.29, 0.717) is 23.1 Å². The molecule has 27 heavy (non-hydrogen) atoms. The van der Waals surface area contributed by atoms with Crippen molar-refractivity contribution >= 4 is 10.9 Å². The number of nitrogens with zero attached hydrogens (tertiary/aromatic N) is 2. The molecule has 4 rings (SSSR count). The van der Waals surface area contributed by atoms with Gasteiger partial charge in [-0.15, -0.1) is 0 Å². The highest BCUT2D eigenvalue weighted by molar-refractivity contribution is 5.78. The molecule has 1 heterocycles. The van der Waals surface area contributed by atoms with Crippen molar-refractivity contribution in [3.63, 3.8) is 0 Å². The van der Waals surface area contributed by atoms with Crippen LogP contribution in [0.25, 0.3) is 16.6 Å². The largest absolute Gasteiger partial charge is 0.336 e. The minimum atomic E-state index is -0.328. The van der Waals surface area contributed by atoms with E-state index in [0.717, 1.165) is 16.7 Å². The van der Waals surface area contributed by atoms with Crippen molar-refractivity contribution in [3.05, 3.63) is 110 Å². The first-order chi connectivity index (χ1) is 13.1. The van der Waals surface area contributed by atoms with Gasteiger partial charge in [0.2, 0.25) is 0 Å². The van der Waals surface area contributed by atoms with Gasteiger partial charge < -0.3 is 0 Å². The van der Waals surface area contributed by atoms with Gasteiger partial charge in [-0.25, -0.2) is 9.36 Å². The molecule has 0 saturated carbocycles. The van der Waals surface area contributed by atoms with Crippen LogP contribution in [0.4, 0.5) is 0 Å². The first-order valence-corrected chi connectivity index (χ1v) is 8.92. The second-order valence-corrected chi connectivity index (χ2v) is 6.79. The predicted molar refractivity (Wildman–Crippen MR) is 109 cm³/mol. The van der Waals surface area contributed by atoms with Gasteiger partial charge >= 0.3 is 5.69 Å². The molecular weight excluding hydrogens is 336 g/mol. The molecule has 0 aliphatic heterocycles. The molecule has 0 fully saturated rings. The zero-order valence-electron chi connectivity index (χ0n) is 15.3. The molecule has 134 valence electrons. The van der Waals surface area contributed by atoms with E-state index < -0.39 is 0 Å². The third kappa shape index (κ3) is 2.99. The Bertz CT molecular complexity index is 1250. The van der Waals surface area contributed by atoms with Gasteiger partial charge in [0.25, 0.3) is 5.56 Å². The summed E-state index contributed by atoms with van der Waals surface area (Å²) in [4.78, 5) is 26.4. The molecule has 0 aliphatic rings. The third-order valence-electron chi connectivity index (χ3n) is 4.93. The van der Waals surface area contributed by atoms with Gasteiger partial charge in [0.1, 0.15) is 0 Å². The Morgan fingerprint density at radius 1 is 0.778 bits per heavy atom. The van der Waals surface area contributed by atoms with E-state index in [2.05, 4.69) is 0 Å². The van der Waals surface area contributed by atoms with E-state index in [1.165, 1.54) is 4.57 Å². The van der Waals surface area contributed by atoms with Crippen LogP contribution < -0.4 is 11.2 Å². The minimum Gasteiger partial charge on any atom is -0.288 e. The summed E-state index contributed by atoms with van der Waals surface area (Å²) in [6.07, 6.45) is 0. The molecule has 4 heteroatoms. The van der Waals surface area contributed by atoms with Crippen LogP contribution in [0.15, 0.2) is 82.4 Å². The van der Waals surface area contributed by atoms with Gasteiger partial charge in [-0.1, -0.05) is 54.1 Å². The van der Waals surface area contributed by atoms with Crippen LogP contribution in [0.1, 0.15) is 16.7 Å². The monoisotopic (exact) mass is 356 g/mol. The smallest absolute Gasteiger partial charge is 0.288 e. The van der Waals surface area contributed by atoms with Gasteiger partial charge in [0, 0.05) is 0 Å². The number of hydrogen-bond donors (Lipinski definition) is 0. The quantitative estimate of drug-likeness (QED) is 0.560. The number of aryl methyl sites for hydroxylation is 2. The summed E-state index contributed by atoms with van der Waals surface area (Å²) in [5, 5.41) is 0.534. The molecule has 4 aromatic rings. The van der Waals surface area contributed by atoms with Gasteiger partial charge in [-0.05, 0) is 49.2 Å². The average molecular weight is 356 g/mol. The zero-order valence-corrected chi connectivity index (χ0v) is 15.3. The molecular formula is C23H20N2O2. The van der Waals surface area contributed by atoms with E-state index in [-0.39, 0.29) is 11.2 Å². The lowest BCUT2D eigenvalue weighted by molar-refractivity contribution is 0.712. The fourth-order valence-corrected chi connectivity index (χ4v) is 3.35. The van der Waals surface area contributed by atoms with Crippen molar-refractivity contribution in [3.8, 4) is 5.69 Å². The number of hydrogen-bond acceptors (Lipinski definition) is 2. The van der Waals surface area contributed by atoms with Crippen molar-refractivity contribution in [2.24, 2.45) is 0 Å². The topological polar surface area (TPSA) is 44.0 Å². The molecule has 3 aromatic carbocycles. The molecule has 0 N–H and O–H groups in total. The highest BCUT2D eigenvalue weighted by atomic mass is 16.2. The Hall–Kier alpha value is -3.40. The fraction of sp³-hybridized carbons (Fsp3) is 0.130. The predicted octanol–water partition coefficient (Wildman–Crippen LogP) is 3.82. The Kier molecular flexibility index (Phi) is 4.24. The van der Waals surface area contributed by atoms with Gasteiger partial charge in [0.15, 0.2) is 0 Å². The van der Waals surface area contributed by atoms with Crippen molar-refractivity contribution in [2.45, 2.75) is 20.4 Å². The Labute approximate surface area is 157 Å². The van der Waals surface area contributed by atoms with Gasteiger partial charge in [0.05, 0.1) is 23.1 Å². The molecule has 0 amide bonds. The molecule has 1 aromatic heterocycles. The molecule has 0 aliphatic carbocycles. The first kappa shape index (κ1) is 17.0. The highest BCUT2D eigenvalue weighted by Gasteiger charge is 2.15. The van der Waals surface area contributed by atoms with Crippen LogP contribution in [0.2, 0.25) is 0 Å². The standard InChI is InChI=1S/C23H20N2O2/c1-16-11-13-19(14-12-16)25-22(26)20-9-5-6-10-21(20)24(23(25)27)15-18-8-4-3-7-17(18)2/h3-14H,15H2,1-2H3. The fourth-order valence-electron chi connectivity index (χ4n) is 3.35. The molecule has 0 saturated heterocycles. The summed E-state index contributed by atoms with van der Waals surface area (Å²) < 4.78 is 2.94. The van der Waals surface area contributed by atoms with Crippen molar-refractivity contribution in [1.82, 2.24) is 9.13 Å². The summed E-state index contributed by atoms with van der Waals surface area (Å²) in [7, 11) is 0. The first-order valence-electron chi connectivity index (χ1n) is 8.92. The summed E-state index contributed by atoms with van der Waals surface area (Å²) in [6.45, 7) is 4.42. The van der Waals surface area contributed by atoms with E-state index in [4.69, 9.17) is 0 Å². The van der Waals surface area contributed by atoms with Crippen LogP contribution in [0, 0.1) is 13.8 Å². The van der Waals surface area contributed by atoms with Crippen LogP contribution >= 0.6 is 0 Å². The van der Waals surface area contributed by atoms with Crippen molar-refractivity contribution < 1.29 is 0 Å². The Balaban J connectivity index is 2.03. The summed E-state index contributed by atoms with van der Waals surface area (Å²) in [6, 6.07) is 22.7. The molecule has 0 atom stereocenters. The molecule has 0 bridgehead atoms. The van der Waals surface area contributed by atoms with Gasteiger partial charge in [-0.3, -0.25) is 9.36 Å². The maximum atomic E-state index is 13.3. The van der Waals surface area contributed by atoms with E-state index in [1.54, 1.807) is 10.6 Å². The SMILES string of the molecule is Cc1ccc(-n2c(=O)c3ccccc3n(Cc3ccccc3C)c2=O)cc1. The summed E-state index contributed by atoms with van der Waals surface area (Å²) in [5.74, 6) is 0. The second kappa shape index (κ2) is 6.72. The maximum absolute atomic E-state index is 13.3. The van der Waals surface area contributed by atoms with Crippen LogP contribution in [0.5, 0.6) is 0 Å². The number of fused-ring (bicyclic) bond motifs is 1. The van der Waals surface area contributed by atoms with E-state index in [1.807, 2.05) is 80.6 Å². The maximum Gasteiger partial charge on any atom is 0.336 e. The molecule has 4 nitrogen and oxygen atoms in total. The summed E-state index contributed by atoms with van der Waals surface area (Å²) in [5.41, 5.74) is 3.86. The normalized spacial score (nSPS) is 11.0. The number of aromatic nitrogens is 2. The zero-order chi connectivity index (χ0) is 19.0. The molecule has 0 spiro atoms.